The molecule has 1 N–H and O–H groups in total. The second-order valence-corrected chi connectivity index (χ2v) is 10.2. The molecule has 0 unspecified atom stereocenters. The lowest BCUT2D eigenvalue weighted by Gasteiger charge is -2.24. The van der Waals surface area contributed by atoms with Crippen molar-refractivity contribution in [3.63, 3.8) is 0 Å². The first-order valence-electron chi connectivity index (χ1n) is 8.96. The normalized spacial score (nSPS) is 12.0. The predicted molar refractivity (Wildman–Crippen MR) is 115 cm³/mol. The Bertz CT molecular complexity index is 1150. The molecule has 3 rings (SSSR count). The number of carbonyl (C=O) groups is 1. The van der Waals surface area contributed by atoms with Crippen LogP contribution in [0.15, 0.2) is 59.5 Å². The van der Waals surface area contributed by atoms with Crippen LogP contribution in [0.4, 0.5) is 5.82 Å². The maximum atomic E-state index is 13.1. The second kappa shape index (κ2) is 7.65. The Morgan fingerprint density at radius 3 is 2.24 bits per heavy atom. The van der Waals surface area contributed by atoms with Gasteiger partial charge in [0, 0.05) is 23.2 Å². The molecule has 0 aliphatic carbocycles. The van der Waals surface area contributed by atoms with E-state index in [-0.39, 0.29) is 4.90 Å². The molecule has 29 heavy (non-hydrogen) atoms. The molecule has 0 aliphatic rings. The molecule has 0 radical (unpaired) electrons. The van der Waals surface area contributed by atoms with Gasteiger partial charge in [-0.25, -0.2) is 8.42 Å². The summed E-state index contributed by atoms with van der Waals surface area (Å²) in [5.41, 5.74) is 2.39. The van der Waals surface area contributed by atoms with Crippen LogP contribution in [0, 0.1) is 6.92 Å². The third kappa shape index (κ3) is 3.80. The number of benzene rings is 2. The van der Waals surface area contributed by atoms with E-state index < -0.39 is 20.5 Å². The molecule has 1 heterocycles. The zero-order chi connectivity index (χ0) is 21.4. The summed E-state index contributed by atoms with van der Waals surface area (Å²) < 4.78 is 26.0. The van der Waals surface area contributed by atoms with Crippen molar-refractivity contribution in [2.45, 2.75) is 30.4 Å². The van der Waals surface area contributed by atoms with Gasteiger partial charge in [0.2, 0.25) is 5.91 Å². The summed E-state index contributed by atoms with van der Waals surface area (Å²) in [7, 11) is -2.24. The van der Waals surface area contributed by atoms with Gasteiger partial charge in [-0.05, 0) is 45.0 Å². The van der Waals surface area contributed by atoms with Crippen LogP contribution in [0.2, 0.25) is 5.02 Å². The van der Waals surface area contributed by atoms with E-state index in [1.807, 2.05) is 37.3 Å². The average Bonchev–Trinajstić information content (AvgIpc) is 2.97. The predicted octanol–water partition coefficient (Wildman–Crippen LogP) is 4.24. The number of sulfone groups is 1. The highest BCUT2D eigenvalue weighted by Gasteiger charge is 2.43. The zero-order valence-electron chi connectivity index (χ0n) is 16.6. The lowest BCUT2D eigenvalue weighted by Crippen LogP contribution is -2.44. The minimum atomic E-state index is -3.95. The van der Waals surface area contributed by atoms with E-state index >= 15 is 0 Å². The molecule has 2 aromatic carbocycles. The van der Waals surface area contributed by atoms with E-state index in [1.54, 1.807) is 11.7 Å². The molecule has 0 fully saturated rings. The number of amides is 1. The van der Waals surface area contributed by atoms with E-state index in [2.05, 4.69) is 10.4 Å². The van der Waals surface area contributed by atoms with E-state index in [0.29, 0.717) is 10.8 Å². The maximum absolute atomic E-state index is 13.1. The number of hydrogen-bond donors (Lipinski definition) is 1. The molecule has 0 atom stereocenters. The van der Waals surface area contributed by atoms with Crippen molar-refractivity contribution in [2.24, 2.45) is 7.05 Å². The second-order valence-electron chi connectivity index (χ2n) is 7.23. The maximum Gasteiger partial charge on any atom is 0.246 e. The molecule has 0 saturated carbocycles. The lowest BCUT2D eigenvalue weighted by molar-refractivity contribution is -0.117. The van der Waals surface area contributed by atoms with Gasteiger partial charge in [-0.1, -0.05) is 41.9 Å². The number of anilines is 1. The van der Waals surface area contributed by atoms with Crippen molar-refractivity contribution in [1.82, 2.24) is 9.78 Å². The number of nitrogens with zero attached hydrogens (tertiary/aromatic N) is 2. The quantitative estimate of drug-likeness (QED) is 0.655. The van der Waals surface area contributed by atoms with E-state index in [0.717, 1.165) is 16.8 Å². The number of rotatable bonds is 5. The fourth-order valence-electron chi connectivity index (χ4n) is 2.96. The number of aromatic nitrogens is 2. The number of aryl methyl sites for hydroxylation is 1. The molecular weight excluding hydrogens is 410 g/mol. The third-order valence-corrected chi connectivity index (χ3v) is 7.58. The highest BCUT2D eigenvalue weighted by atomic mass is 35.5. The van der Waals surface area contributed by atoms with Gasteiger partial charge in [0.25, 0.3) is 0 Å². The summed E-state index contributed by atoms with van der Waals surface area (Å²) in [5.74, 6) is -0.189. The molecule has 0 bridgehead atoms. The van der Waals surface area contributed by atoms with Gasteiger partial charge in [-0.3, -0.25) is 9.48 Å². The van der Waals surface area contributed by atoms with Crippen LogP contribution in [0.3, 0.4) is 0 Å². The van der Waals surface area contributed by atoms with Gasteiger partial charge in [0.15, 0.2) is 9.84 Å². The summed E-state index contributed by atoms with van der Waals surface area (Å²) >= 11 is 5.85. The van der Waals surface area contributed by atoms with Gasteiger partial charge in [0.1, 0.15) is 10.6 Å². The molecule has 0 spiro atoms. The summed E-state index contributed by atoms with van der Waals surface area (Å²) in [5, 5.41) is 7.66. The molecule has 0 saturated heterocycles. The Morgan fingerprint density at radius 2 is 1.66 bits per heavy atom. The molecular formula is C21H22ClN3O3S. The molecule has 1 aromatic heterocycles. The van der Waals surface area contributed by atoms with Gasteiger partial charge < -0.3 is 5.32 Å². The Kier molecular flexibility index (Phi) is 5.56. The first-order chi connectivity index (χ1) is 13.6. The fourth-order valence-corrected chi connectivity index (χ4v) is 4.47. The van der Waals surface area contributed by atoms with Crippen LogP contribution >= 0.6 is 11.6 Å². The van der Waals surface area contributed by atoms with Gasteiger partial charge in [0.05, 0.1) is 10.6 Å². The van der Waals surface area contributed by atoms with Crippen LogP contribution in [0.25, 0.3) is 11.3 Å². The number of nitrogens with one attached hydrogen (secondary N) is 1. The SMILES string of the molecule is Cc1c(-c2ccccc2)nn(C)c1NC(=O)C(C)(C)S(=O)(=O)c1ccc(Cl)cc1. The zero-order valence-corrected chi connectivity index (χ0v) is 18.2. The molecule has 3 aromatic rings. The summed E-state index contributed by atoms with van der Waals surface area (Å²) in [6, 6.07) is 15.3. The molecule has 0 aliphatic heterocycles. The molecule has 1 amide bonds. The largest absolute Gasteiger partial charge is 0.309 e. The highest BCUT2D eigenvalue weighted by molar-refractivity contribution is 7.93. The number of hydrogen-bond acceptors (Lipinski definition) is 4. The molecule has 8 heteroatoms. The lowest BCUT2D eigenvalue weighted by atomic mass is 10.1. The monoisotopic (exact) mass is 431 g/mol. The smallest absolute Gasteiger partial charge is 0.246 e. The van der Waals surface area contributed by atoms with Gasteiger partial charge in [-0.2, -0.15) is 5.10 Å². The first-order valence-corrected chi connectivity index (χ1v) is 10.8. The van der Waals surface area contributed by atoms with E-state index in [4.69, 9.17) is 11.6 Å². The Morgan fingerprint density at radius 1 is 1.07 bits per heavy atom. The number of halogens is 1. The molecule has 6 nitrogen and oxygen atoms in total. The summed E-state index contributed by atoms with van der Waals surface area (Å²) in [4.78, 5) is 13.0. The Balaban J connectivity index is 1.93. The van der Waals surface area contributed by atoms with Crippen molar-refractivity contribution in [2.75, 3.05) is 5.32 Å². The van der Waals surface area contributed by atoms with Crippen LogP contribution in [0.1, 0.15) is 19.4 Å². The summed E-state index contributed by atoms with van der Waals surface area (Å²) in [6.45, 7) is 4.61. The van der Waals surface area contributed by atoms with Gasteiger partial charge >= 0.3 is 0 Å². The summed E-state index contributed by atoms with van der Waals surface area (Å²) in [6.07, 6.45) is 0. The Labute approximate surface area is 175 Å². The highest BCUT2D eigenvalue weighted by Crippen LogP contribution is 2.31. The topological polar surface area (TPSA) is 81.1 Å². The van der Waals surface area contributed by atoms with Crippen molar-refractivity contribution < 1.29 is 13.2 Å². The van der Waals surface area contributed by atoms with Crippen LogP contribution < -0.4 is 5.32 Å². The van der Waals surface area contributed by atoms with Crippen molar-refractivity contribution in [1.29, 1.82) is 0 Å². The van der Waals surface area contributed by atoms with E-state index in [1.165, 1.54) is 38.1 Å². The van der Waals surface area contributed by atoms with Crippen molar-refractivity contribution >= 4 is 33.2 Å². The molecule has 152 valence electrons. The van der Waals surface area contributed by atoms with Gasteiger partial charge in [-0.15, -0.1) is 0 Å². The first kappa shape index (κ1) is 21.1. The van der Waals surface area contributed by atoms with Crippen LogP contribution in [-0.4, -0.2) is 28.9 Å². The van der Waals surface area contributed by atoms with Crippen LogP contribution in [-0.2, 0) is 21.7 Å². The van der Waals surface area contributed by atoms with Crippen molar-refractivity contribution in [3.8, 4) is 11.3 Å². The minimum absolute atomic E-state index is 0.0359. The minimum Gasteiger partial charge on any atom is -0.309 e. The Hall–Kier alpha value is -2.64. The van der Waals surface area contributed by atoms with E-state index in [9.17, 15) is 13.2 Å². The van der Waals surface area contributed by atoms with Crippen LogP contribution in [0.5, 0.6) is 0 Å². The fraction of sp³-hybridized carbons (Fsp3) is 0.238. The number of carbonyl (C=O) groups excluding carboxylic acids is 1. The van der Waals surface area contributed by atoms with Crippen molar-refractivity contribution in [3.05, 3.63) is 65.2 Å². The standard InChI is InChI=1S/C21H22ClN3O3S/c1-14-18(15-8-6-5-7-9-15)24-25(4)19(14)23-20(26)21(2,3)29(27,28)17-12-10-16(22)11-13-17/h5-13H,1-4H3,(H,23,26). The average molecular weight is 432 g/mol. The third-order valence-electron chi connectivity index (χ3n) is 4.91.